The van der Waals surface area contributed by atoms with E-state index in [2.05, 4.69) is 39.6 Å². The van der Waals surface area contributed by atoms with Crippen molar-refractivity contribution < 1.29 is 4.79 Å². The molecule has 0 saturated carbocycles. The second-order valence-electron chi connectivity index (χ2n) is 6.67. The Morgan fingerprint density at radius 2 is 2.29 bits per heavy atom. The number of amides is 1. The minimum absolute atomic E-state index is 0.0274. The highest BCUT2D eigenvalue weighted by Crippen LogP contribution is 2.21. The van der Waals surface area contributed by atoms with Crippen molar-refractivity contribution in [2.45, 2.75) is 39.2 Å². The molecule has 24 heavy (non-hydrogen) atoms. The fourth-order valence-electron chi connectivity index (χ4n) is 3.05. The van der Waals surface area contributed by atoms with Crippen molar-refractivity contribution in [2.24, 2.45) is 5.92 Å². The van der Waals surface area contributed by atoms with Crippen molar-refractivity contribution in [3.8, 4) is 5.69 Å². The summed E-state index contributed by atoms with van der Waals surface area (Å²) in [5.74, 6) is 0.729. The van der Waals surface area contributed by atoms with Crippen LogP contribution in [0.15, 0.2) is 30.6 Å². The molecule has 1 amide bonds. The van der Waals surface area contributed by atoms with E-state index in [1.54, 1.807) is 4.68 Å². The quantitative estimate of drug-likeness (QED) is 0.879. The lowest BCUT2D eigenvalue weighted by molar-refractivity contribution is -0.120. The van der Waals surface area contributed by atoms with Crippen LogP contribution in [0.2, 0.25) is 0 Å². The molecule has 3 rings (SSSR count). The molecule has 0 radical (unpaired) electrons. The summed E-state index contributed by atoms with van der Waals surface area (Å²) in [7, 11) is 0. The van der Waals surface area contributed by atoms with Crippen molar-refractivity contribution in [3.63, 3.8) is 0 Å². The number of rotatable bonds is 6. The predicted octanol–water partition coefficient (Wildman–Crippen LogP) is 2.11. The number of hydrogen-bond donors (Lipinski definition) is 1. The Labute approximate surface area is 142 Å². The standard InChI is InChI=1S/C17H24N6O/c1-13(2)8-10-22-9-4-7-16(22)17(24)19-14-5-3-6-15(11-14)23-12-18-20-21-23/h3,5-6,11-13,16H,4,7-10H2,1-2H3,(H,19,24)/t16-/m0/s1. The molecule has 1 aliphatic rings. The number of nitrogens with zero attached hydrogens (tertiary/aromatic N) is 5. The molecule has 1 atom stereocenters. The second kappa shape index (κ2) is 7.53. The summed E-state index contributed by atoms with van der Waals surface area (Å²) in [6.45, 7) is 6.43. The molecule has 1 N–H and O–H groups in total. The van der Waals surface area contributed by atoms with Crippen LogP contribution in [0.4, 0.5) is 5.69 Å². The zero-order chi connectivity index (χ0) is 16.9. The number of carbonyl (C=O) groups excluding carboxylic acids is 1. The predicted molar refractivity (Wildman–Crippen MR) is 91.8 cm³/mol. The van der Waals surface area contributed by atoms with E-state index < -0.39 is 0 Å². The van der Waals surface area contributed by atoms with Gasteiger partial charge in [0, 0.05) is 5.69 Å². The van der Waals surface area contributed by atoms with Crippen LogP contribution in [0.1, 0.15) is 33.1 Å². The number of carbonyl (C=O) groups is 1. The van der Waals surface area contributed by atoms with E-state index in [-0.39, 0.29) is 11.9 Å². The maximum Gasteiger partial charge on any atom is 0.241 e. The first-order chi connectivity index (χ1) is 11.6. The van der Waals surface area contributed by atoms with Crippen molar-refractivity contribution >= 4 is 11.6 Å². The van der Waals surface area contributed by atoms with Gasteiger partial charge in [-0.15, -0.1) is 5.10 Å². The zero-order valence-corrected chi connectivity index (χ0v) is 14.2. The highest BCUT2D eigenvalue weighted by molar-refractivity contribution is 5.95. The van der Waals surface area contributed by atoms with E-state index in [1.807, 2.05) is 24.3 Å². The molecular formula is C17H24N6O. The molecule has 0 aliphatic carbocycles. The van der Waals surface area contributed by atoms with Crippen molar-refractivity contribution in [1.29, 1.82) is 0 Å². The van der Waals surface area contributed by atoms with Crippen LogP contribution in [0, 0.1) is 5.92 Å². The molecule has 7 heteroatoms. The van der Waals surface area contributed by atoms with Gasteiger partial charge in [0.2, 0.25) is 5.91 Å². The Kier molecular flexibility index (Phi) is 5.20. The first kappa shape index (κ1) is 16.6. The van der Waals surface area contributed by atoms with Crippen molar-refractivity contribution in [1.82, 2.24) is 25.1 Å². The average Bonchev–Trinajstić information content (AvgIpc) is 3.24. The van der Waals surface area contributed by atoms with E-state index in [0.717, 1.165) is 43.7 Å². The van der Waals surface area contributed by atoms with Gasteiger partial charge < -0.3 is 5.32 Å². The lowest BCUT2D eigenvalue weighted by Crippen LogP contribution is -2.40. The Morgan fingerprint density at radius 1 is 1.42 bits per heavy atom. The van der Waals surface area contributed by atoms with Gasteiger partial charge in [-0.25, -0.2) is 4.68 Å². The largest absolute Gasteiger partial charge is 0.325 e. The summed E-state index contributed by atoms with van der Waals surface area (Å²) in [6, 6.07) is 7.52. The second-order valence-corrected chi connectivity index (χ2v) is 6.67. The van der Waals surface area contributed by atoms with E-state index >= 15 is 0 Å². The number of aromatic nitrogens is 4. The first-order valence-corrected chi connectivity index (χ1v) is 8.52. The third-order valence-electron chi connectivity index (χ3n) is 4.39. The summed E-state index contributed by atoms with van der Waals surface area (Å²) < 4.78 is 1.57. The Balaban J connectivity index is 1.65. The third-order valence-corrected chi connectivity index (χ3v) is 4.39. The van der Waals surface area contributed by atoms with Gasteiger partial charge in [-0.1, -0.05) is 19.9 Å². The monoisotopic (exact) mass is 328 g/mol. The molecule has 1 aliphatic heterocycles. The van der Waals surface area contributed by atoms with Crippen LogP contribution in [-0.2, 0) is 4.79 Å². The maximum atomic E-state index is 12.7. The summed E-state index contributed by atoms with van der Waals surface area (Å²) in [4.78, 5) is 15.0. The van der Waals surface area contributed by atoms with Crippen LogP contribution in [0.3, 0.4) is 0 Å². The Hall–Kier alpha value is -2.28. The molecule has 1 aromatic carbocycles. The Bertz CT molecular complexity index is 669. The average molecular weight is 328 g/mol. The number of likely N-dealkylation sites (tertiary alicyclic amines) is 1. The number of benzene rings is 1. The SMILES string of the molecule is CC(C)CCN1CCC[C@H]1C(=O)Nc1cccc(-n2cnnn2)c1. The minimum atomic E-state index is -0.0274. The smallest absolute Gasteiger partial charge is 0.241 e. The van der Waals surface area contributed by atoms with Gasteiger partial charge in [-0.2, -0.15) is 0 Å². The van der Waals surface area contributed by atoms with E-state index in [1.165, 1.54) is 6.33 Å². The van der Waals surface area contributed by atoms with Crippen LogP contribution in [0.5, 0.6) is 0 Å². The Morgan fingerprint density at radius 3 is 3.04 bits per heavy atom. The molecule has 1 fully saturated rings. The molecule has 0 bridgehead atoms. The van der Waals surface area contributed by atoms with Gasteiger partial charge in [-0.3, -0.25) is 9.69 Å². The highest BCUT2D eigenvalue weighted by atomic mass is 16.2. The maximum absolute atomic E-state index is 12.7. The molecule has 0 unspecified atom stereocenters. The lowest BCUT2D eigenvalue weighted by Gasteiger charge is -2.24. The van der Waals surface area contributed by atoms with Gasteiger partial charge in [-0.05, 0) is 66.9 Å². The number of hydrogen-bond acceptors (Lipinski definition) is 5. The summed E-state index contributed by atoms with van der Waals surface area (Å²) in [5, 5.41) is 14.2. The first-order valence-electron chi connectivity index (χ1n) is 8.52. The number of tetrazole rings is 1. The minimum Gasteiger partial charge on any atom is -0.325 e. The van der Waals surface area contributed by atoms with Crippen molar-refractivity contribution in [2.75, 3.05) is 18.4 Å². The normalized spacial score (nSPS) is 18.2. The van der Waals surface area contributed by atoms with Gasteiger partial charge in [0.15, 0.2) is 0 Å². The van der Waals surface area contributed by atoms with Gasteiger partial charge in [0.1, 0.15) is 6.33 Å². The molecular weight excluding hydrogens is 304 g/mol. The van der Waals surface area contributed by atoms with Crippen LogP contribution >= 0.6 is 0 Å². The van der Waals surface area contributed by atoms with Crippen molar-refractivity contribution in [3.05, 3.63) is 30.6 Å². The van der Waals surface area contributed by atoms with Gasteiger partial charge in [0.25, 0.3) is 0 Å². The van der Waals surface area contributed by atoms with E-state index in [4.69, 9.17) is 0 Å². The molecule has 1 saturated heterocycles. The third kappa shape index (κ3) is 3.97. The fraction of sp³-hybridized carbons (Fsp3) is 0.529. The topological polar surface area (TPSA) is 75.9 Å². The zero-order valence-electron chi connectivity index (χ0n) is 14.2. The molecule has 2 aromatic rings. The summed E-state index contributed by atoms with van der Waals surface area (Å²) in [6.07, 6.45) is 4.67. The number of nitrogens with one attached hydrogen (secondary N) is 1. The fourth-order valence-corrected chi connectivity index (χ4v) is 3.05. The van der Waals surface area contributed by atoms with Crippen LogP contribution in [-0.4, -0.2) is 50.1 Å². The summed E-state index contributed by atoms with van der Waals surface area (Å²) >= 11 is 0. The molecule has 0 spiro atoms. The molecule has 128 valence electrons. The lowest BCUT2D eigenvalue weighted by atomic mass is 10.1. The number of anilines is 1. The van der Waals surface area contributed by atoms with E-state index in [9.17, 15) is 4.79 Å². The van der Waals surface area contributed by atoms with Crippen LogP contribution < -0.4 is 5.32 Å². The van der Waals surface area contributed by atoms with Crippen LogP contribution in [0.25, 0.3) is 5.69 Å². The van der Waals surface area contributed by atoms with Gasteiger partial charge >= 0.3 is 0 Å². The summed E-state index contributed by atoms with van der Waals surface area (Å²) in [5.41, 5.74) is 1.59. The molecule has 7 nitrogen and oxygen atoms in total. The van der Waals surface area contributed by atoms with Gasteiger partial charge in [0.05, 0.1) is 11.7 Å². The molecule has 2 heterocycles. The highest BCUT2D eigenvalue weighted by Gasteiger charge is 2.30. The molecule has 1 aromatic heterocycles. The van der Waals surface area contributed by atoms with E-state index in [0.29, 0.717) is 5.92 Å².